The van der Waals surface area contributed by atoms with Gasteiger partial charge in [0.1, 0.15) is 11.4 Å². The van der Waals surface area contributed by atoms with E-state index in [1.807, 2.05) is 20.8 Å². The molecular weight excluding hydrogens is 391 g/mol. The van der Waals surface area contributed by atoms with E-state index in [1.54, 1.807) is 26.0 Å². The molecule has 0 saturated carbocycles. The molecule has 1 aromatic heterocycles. The highest BCUT2D eigenvalue weighted by Crippen LogP contribution is 2.19. The summed E-state index contributed by atoms with van der Waals surface area (Å²) in [5, 5.41) is 7.07. The van der Waals surface area contributed by atoms with Crippen LogP contribution >= 0.6 is 0 Å². The van der Waals surface area contributed by atoms with Crippen molar-refractivity contribution >= 4 is 17.8 Å². The number of hydrogen-bond acceptors (Lipinski definition) is 5. The van der Waals surface area contributed by atoms with E-state index in [9.17, 15) is 18.8 Å². The number of esters is 1. The van der Waals surface area contributed by atoms with Gasteiger partial charge in [0.15, 0.2) is 6.61 Å². The molecule has 0 fully saturated rings. The van der Waals surface area contributed by atoms with Gasteiger partial charge in [-0.1, -0.05) is 0 Å². The highest BCUT2D eigenvalue weighted by atomic mass is 19.1. The molecule has 1 heterocycles. The average Bonchev–Trinajstić information content (AvgIpc) is 2.92. The third kappa shape index (κ3) is 5.88. The van der Waals surface area contributed by atoms with E-state index < -0.39 is 24.0 Å². The molecule has 0 aliphatic heterocycles. The number of likely N-dealkylation sites (N-methyl/N-ethyl adjacent to an activating group) is 1. The molecule has 2 aromatic rings. The van der Waals surface area contributed by atoms with Crippen molar-refractivity contribution in [3.63, 3.8) is 0 Å². The summed E-state index contributed by atoms with van der Waals surface area (Å²) in [6.45, 7) is 8.20. The molecule has 1 N–H and O–H groups in total. The number of nitrogens with zero attached hydrogens (tertiary/aromatic N) is 3. The first-order valence-electron chi connectivity index (χ1n) is 9.43. The van der Waals surface area contributed by atoms with Gasteiger partial charge >= 0.3 is 5.97 Å². The van der Waals surface area contributed by atoms with Crippen LogP contribution in [0.2, 0.25) is 0 Å². The van der Waals surface area contributed by atoms with Crippen LogP contribution in [0, 0.1) is 19.7 Å². The van der Waals surface area contributed by atoms with Gasteiger partial charge in [-0.3, -0.25) is 9.59 Å². The number of carbonyl (C=O) groups is 3. The molecule has 0 unspecified atom stereocenters. The number of nitrogens with one attached hydrogen (secondary N) is 1. The molecule has 0 aliphatic rings. The first-order valence-corrected chi connectivity index (χ1v) is 9.43. The zero-order valence-corrected chi connectivity index (χ0v) is 18.1. The number of ether oxygens (including phenoxy) is 1. The summed E-state index contributed by atoms with van der Waals surface area (Å²) in [5.74, 6) is -1.89. The molecule has 1 aromatic carbocycles. The lowest BCUT2D eigenvalue weighted by Gasteiger charge is -2.23. The van der Waals surface area contributed by atoms with E-state index in [1.165, 1.54) is 28.8 Å². The van der Waals surface area contributed by atoms with Crippen LogP contribution < -0.4 is 5.32 Å². The Balaban J connectivity index is 2.02. The highest BCUT2D eigenvalue weighted by molar-refractivity contribution is 5.94. The zero-order chi connectivity index (χ0) is 22.6. The molecule has 0 radical (unpaired) electrons. The Kier molecular flexibility index (Phi) is 6.96. The first-order chi connectivity index (χ1) is 13.9. The van der Waals surface area contributed by atoms with E-state index >= 15 is 0 Å². The molecule has 2 amide bonds. The lowest BCUT2D eigenvalue weighted by Crippen LogP contribution is -2.46. The lowest BCUT2D eigenvalue weighted by molar-refractivity contribution is -0.137. The molecular formula is C21H27FN4O4. The SMILES string of the molecule is Cc1nn(-c2ccc(F)cc2)c(C)c1C(=O)OCC(=O)N(C)CC(=O)NC(C)(C)C. The fraction of sp³-hybridized carbons (Fsp3) is 0.429. The number of halogens is 1. The Labute approximate surface area is 175 Å². The van der Waals surface area contributed by atoms with Gasteiger partial charge in [0.05, 0.1) is 23.6 Å². The number of benzene rings is 1. The molecule has 0 saturated heterocycles. The molecule has 0 spiro atoms. The second kappa shape index (κ2) is 9.06. The number of carbonyl (C=O) groups excluding carboxylic acids is 3. The predicted molar refractivity (Wildman–Crippen MR) is 109 cm³/mol. The Hall–Kier alpha value is -3.23. The van der Waals surface area contributed by atoms with Gasteiger partial charge in [-0.15, -0.1) is 0 Å². The van der Waals surface area contributed by atoms with Gasteiger partial charge < -0.3 is 15.0 Å². The molecule has 0 aliphatic carbocycles. The standard InChI is InChI=1S/C21H27FN4O4/c1-13-19(14(2)26(24-13)16-9-7-15(22)8-10-16)20(29)30-12-18(28)25(6)11-17(27)23-21(3,4)5/h7-10H,11-12H2,1-6H3,(H,23,27). The maximum atomic E-state index is 13.2. The Morgan fingerprint density at radius 3 is 2.33 bits per heavy atom. The molecule has 8 nitrogen and oxygen atoms in total. The van der Waals surface area contributed by atoms with Crippen molar-refractivity contribution in [2.24, 2.45) is 0 Å². The number of hydrogen-bond donors (Lipinski definition) is 1. The van der Waals surface area contributed by atoms with Gasteiger partial charge in [0.25, 0.3) is 5.91 Å². The molecule has 162 valence electrons. The Morgan fingerprint density at radius 1 is 1.17 bits per heavy atom. The second-order valence-electron chi connectivity index (χ2n) is 8.06. The molecule has 2 rings (SSSR count). The highest BCUT2D eigenvalue weighted by Gasteiger charge is 2.23. The number of rotatable bonds is 6. The summed E-state index contributed by atoms with van der Waals surface area (Å²) in [6.07, 6.45) is 0. The van der Waals surface area contributed by atoms with Crippen LogP contribution in [-0.4, -0.2) is 58.2 Å². The third-order valence-corrected chi connectivity index (χ3v) is 4.21. The second-order valence-corrected chi connectivity index (χ2v) is 8.06. The largest absolute Gasteiger partial charge is 0.452 e. The van der Waals surface area contributed by atoms with Gasteiger partial charge in [-0.2, -0.15) is 5.10 Å². The molecule has 0 atom stereocenters. The minimum absolute atomic E-state index is 0.145. The quantitative estimate of drug-likeness (QED) is 0.726. The third-order valence-electron chi connectivity index (χ3n) is 4.21. The Bertz CT molecular complexity index is 945. The summed E-state index contributed by atoms with van der Waals surface area (Å²) < 4.78 is 19.8. The van der Waals surface area contributed by atoms with Crippen molar-refractivity contribution in [1.29, 1.82) is 0 Å². The van der Waals surface area contributed by atoms with Crippen molar-refractivity contribution in [2.45, 2.75) is 40.2 Å². The van der Waals surface area contributed by atoms with E-state index in [2.05, 4.69) is 10.4 Å². The van der Waals surface area contributed by atoms with Gasteiger partial charge in [0.2, 0.25) is 5.91 Å². The fourth-order valence-electron chi connectivity index (χ4n) is 2.84. The van der Waals surface area contributed by atoms with Crippen LogP contribution in [0.15, 0.2) is 24.3 Å². The van der Waals surface area contributed by atoms with Crippen LogP contribution in [0.3, 0.4) is 0 Å². The minimum atomic E-state index is -0.695. The van der Waals surface area contributed by atoms with Crippen LogP contribution in [0.25, 0.3) is 5.69 Å². The maximum absolute atomic E-state index is 13.2. The summed E-state index contributed by atoms with van der Waals surface area (Å²) in [7, 11) is 1.46. The topological polar surface area (TPSA) is 93.5 Å². The fourth-order valence-corrected chi connectivity index (χ4v) is 2.84. The van der Waals surface area contributed by atoms with Crippen LogP contribution in [0.4, 0.5) is 4.39 Å². The number of aryl methyl sites for hydroxylation is 1. The van der Waals surface area contributed by atoms with Crippen LogP contribution in [0.1, 0.15) is 42.5 Å². The first kappa shape index (κ1) is 23.1. The average molecular weight is 418 g/mol. The van der Waals surface area contributed by atoms with Crippen molar-refractivity contribution in [1.82, 2.24) is 20.0 Å². The number of amides is 2. The lowest BCUT2D eigenvalue weighted by atomic mass is 10.1. The van der Waals surface area contributed by atoms with Gasteiger partial charge in [-0.25, -0.2) is 13.9 Å². The van der Waals surface area contributed by atoms with Crippen molar-refractivity contribution < 1.29 is 23.5 Å². The van der Waals surface area contributed by atoms with E-state index in [4.69, 9.17) is 4.74 Å². The predicted octanol–water partition coefficient (Wildman–Crippen LogP) is 2.16. The van der Waals surface area contributed by atoms with Crippen molar-refractivity contribution in [3.8, 4) is 5.69 Å². The summed E-state index contributed by atoms with van der Waals surface area (Å²) in [4.78, 5) is 37.9. The van der Waals surface area contributed by atoms with E-state index in [-0.39, 0.29) is 23.8 Å². The molecule has 30 heavy (non-hydrogen) atoms. The maximum Gasteiger partial charge on any atom is 0.342 e. The zero-order valence-electron chi connectivity index (χ0n) is 18.1. The summed E-state index contributed by atoms with van der Waals surface area (Å²) in [5.41, 5.74) is 1.35. The summed E-state index contributed by atoms with van der Waals surface area (Å²) >= 11 is 0. The van der Waals surface area contributed by atoms with Crippen LogP contribution in [0.5, 0.6) is 0 Å². The van der Waals surface area contributed by atoms with Gasteiger partial charge in [0, 0.05) is 12.6 Å². The minimum Gasteiger partial charge on any atom is -0.452 e. The van der Waals surface area contributed by atoms with Crippen LogP contribution in [-0.2, 0) is 14.3 Å². The monoisotopic (exact) mass is 418 g/mol. The van der Waals surface area contributed by atoms with E-state index in [0.717, 1.165) is 0 Å². The van der Waals surface area contributed by atoms with E-state index in [0.29, 0.717) is 17.1 Å². The number of aromatic nitrogens is 2. The molecule has 9 heteroatoms. The smallest absolute Gasteiger partial charge is 0.342 e. The van der Waals surface area contributed by atoms with Gasteiger partial charge in [-0.05, 0) is 58.9 Å². The molecule has 0 bridgehead atoms. The van der Waals surface area contributed by atoms with Crippen molar-refractivity contribution in [2.75, 3.05) is 20.2 Å². The van der Waals surface area contributed by atoms with Crippen molar-refractivity contribution in [3.05, 3.63) is 47.0 Å². The Morgan fingerprint density at radius 2 is 1.77 bits per heavy atom. The normalized spacial score (nSPS) is 11.2. The summed E-state index contributed by atoms with van der Waals surface area (Å²) in [6, 6.07) is 5.69.